The average molecular weight is 309 g/mol. The molecule has 7 heteroatoms. The van der Waals surface area contributed by atoms with E-state index in [-0.39, 0.29) is 18.0 Å². The highest BCUT2D eigenvalue weighted by molar-refractivity contribution is 7.89. The lowest BCUT2D eigenvalue weighted by molar-refractivity contribution is 0.323. The Hall–Kier alpha value is -1.83. The fourth-order valence-corrected chi connectivity index (χ4v) is 2.98. The molecule has 0 aliphatic rings. The molecule has 0 aliphatic heterocycles. The molecule has 3 N–H and O–H groups in total. The topological polar surface area (TPSA) is 86.3 Å². The average Bonchev–Trinajstić information content (AvgIpc) is 2.87. The van der Waals surface area contributed by atoms with E-state index in [2.05, 4.69) is 4.72 Å². The maximum absolute atomic E-state index is 12.1. The van der Waals surface area contributed by atoms with E-state index in [9.17, 15) is 8.42 Å². The molecule has 114 valence electrons. The number of hydrogen-bond donors (Lipinski definition) is 2. The van der Waals surface area contributed by atoms with Gasteiger partial charge < -0.3 is 15.0 Å². The number of rotatable bonds is 7. The Kier molecular flexibility index (Phi) is 5.00. The molecule has 0 saturated heterocycles. The van der Waals surface area contributed by atoms with Gasteiger partial charge in [0.2, 0.25) is 10.0 Å². The summed E-state index contributed by atoms with van der Waals surface area (Å²) in [7, 11) is -1.77. The van der Waals surface area contributed by atoms with Crippen molar-refractivity contribution in [3.05, 3.63) is 48.3 Å². The Morgan fingerprint density at radius 2 is 2.00 bits per heavy atom. The Morgan fingerprint density at radius 3 is 2.62 bits per heavy atom. The molecule has 21 heavy (non-hydrogen) atoms. The molecule has 2 rings (SSSR count). The number of sulfonamides is 1. The van der Waals surface area contributed by atoms with Gasteiger partial charge in [-0.25, -0.2) is 13.1 Å². The predicted molar refractivity (Wildman–Crippen MR) is 80.4 cm³/mol. The lowest BCUT2D eigenvalue weighted by atomic mass is 10.3. The van der Waals surface area contributed by atoms with E-state index in [1.165, 1.54) is 0 Å². The van der Waals surface area contributed by atoms with Crippen LogP contribution in [0.1, 0.15) is 5.69 Å². The predicted octanol–water partition coefficient (Wildman–Crippen LogP) is 0.841. The number of nitrogens with zero attached hydrogens (tertiary/aromatic N) is 1. The fourth-order valence-electron chi connectivity index (χ4n) is 1.87. The number of nitrogens with one attached hydrogen (secondary N) is 1. The summed E-state index contributed by atoms with van der Waals surface area (Å²) in [6, 6.07) is 10.8. The summed E-state index contributed by atoms with van der Waals surface area (Å²) < 4.78 is 33.9. The summed E-state index contributed by atoms with van der Waals surface area (Å²) in [6.07, 6.45) is 1.54. The van der Waals surface area contributed by atoms with Crippen LogP contribution in [0, 0.1) is 0 Å². The molecule has 1 heterocycles. The van der Waals surface area contributed by atoms with Crippen molar-refractivity contribution in [3.63, 3.8) is 0 Å². The maximum Gasteiger partial charge on any atom is 0.242 e. The number of aryl methyl sites for hydroxylation is 1. The number of para-hydroxylation sites is 1. The molecule has 0 bridgehead atoms. The smallest absolute Gasteiger partial charge is 0.242 e. The molecule has 0 spiro atoms. The second-order valence-electron chi connectivity index (χ2n) is 4.54. The molecule has 1 aromatic carbocycles. The van der Waals surface area contributed by atoms with Gasteiger partial charge in [0.25, 0.3) is 0 Å². The summed E-state index contributed by atoms with van der Waals surface area (Å²) >= 11 is 0. The van der Waals surface area contributed by atoms with Gasteiger partial charge in [0.15, 0.2) is 0 Å². The summed E-state index contributed by atoms with van der Waals surface area (Å²) in [4.78, 5) is 0.213. The SMILES string of the molecule is Cn1cc(S(=O)(=O)NCCOc2ccccc2)cc1CN. The van der Waals surface area contributed by atoms with E-state index in [0.717, 1.165) is 5.69 Å². The molecule has 0 fully saturated rings. The standard InChI is InChI=1S/C14H19N3O3S/c1-17-11-14(9-12(17)10-15)21(18,19)16-7-8-20-13-5-3-2-4-6-13/h2-6,9,11,16H,7-8,10,15H2,1H3. The largest absolute Gasteiger partial charge is 0.492 e. The van der Waals surface area contributed by atoms with E-state index < -0.39 is 10.0 Å². The summed E-state index contributed by atoms with van der Waals surface area (Å²) in [5, 5.41) is 0. The number of hydrogen-bond acceptors (Lipinski definition) is 4. The normalized spacial score (nSPS) is 11.5. The molecule has 2 aromatic rings. The zero-order valence-corrected chi connectivity index (χ0v) is 12.6. The van der Waals surface area contributed by atoms with Crippen molar-refractivity contribution in [2.45, 2.75) is 11.4 Å². The van der Waals surface area contributed by atoms with Gasteiger partial charge in [-0.2, -0.15) is 0 Å². The van der Waals surface area contributed by atoms with Gasteiger partial charge >= 0.3 is 0 Å². The van der Waals surface area contributed by atoms with Crippen molar-refractivity contribution in [1.29, 1.82) is 0 Å². The molecule has 0 unspecified atom stereocenters. The van der Waals surface area contributed by atoms with Gasteiger partial charge in [-0.1, -0.05) is 18.2 Å². The van der Waals surface area contributed by atoms with Crippen LogP contribution in [0.3, 0.4) is 0 Å². The highest BCUT2D eigenvalue weighted by Crippen LogP contribution is 2.13. The van der Waals surface area contributed by atoms with Crippen LogP contribution < -0.4 is 15.2 Å². The van der Waals surface area contributed by atoms with Crippen molar-refractivity contribution in [2.24, 2.45) is 12.8 Å². The zero-order chi connectivity index (χ0) is 15.3. The molecule has 0 aliphatic carbocycles. The fraction of sp³-hybridized carbons (Fsp3) is 0.286. The molecule has 6 nitrogen and oxygen atoms in total. The van der Waals surface area contributed by atoms with E-state index >= 15 is 0 Å². The van der Waals surface area contributed by atoms with Gasteiger partial charge in [0.05, 0.1) is 4.90 Å². The van der Waals surface area contributed by atoms with E-state index in [1.807, 2.05) is 30.3 Å². The Balaban J connectivity index is 1.89. The monoisotopic (exact) mass is 309 g/mol. The summed E-state index contributed by atoms with van der Waals surface area (Å²) in [5.41, 5.74) is 6.30. The number of ether oxygens (including phenoxy) is 1. The van der Waals surface area contributed by atoms with Crippen LogP contribution in [0.4, 0.5) is 0 Å². The van der Waals surface area contributed by atoms with Crippen molar-refractivity contribution in [1.82, 2.24) is 9.29 Å². The minimum Gasteiger partial charge on any atom is -0.492 e. The van der Waals surface area contributed by atoms with Gasteiger partial charge in [0.1, 0.15) is 12.4 Å². The van der Waals surface area contributed by atoms with Crippen molar-refractivity contribution in [3.8, 4) is 5.75 Å². The number of benzene rings is 1. The highest BCUT2D eigenvalue weighted by atomic mass is 32.2. The molecule has 0 amide bonds. The van der Waals surface area contributed by atoms with Gasteiger partial charge in [0, 0.05) is 32.0 Å². The van der Waals surface area contributed by atoms with Gasteiger partial charge in [-0.3, -0.25) is 0 Å². The van der Waals surface area contributed by atoms with Crippen LogP contribution in [0.25, 0.3) is 0 Å². The Morgan fingerprint density at radius 1 is 1.29 bits per heavy atom. The first-order valence-corrected chi connectivity index (χ1v) is 8.04. The lowest BCUT2D eigenvalue weighted by Crippen LogP contribution is -2.28. The van der Waals surface area contributed by atoms with Crippen LogP contribution in [0.5, 0.6) is 5.75 Å². The second kappa shape index (κ2) is 6.75. The molecular weight excluding hydrogens is 290 g/mol. The second-order valence-corrected chi connectivity index (χ2v) is 6.31. The van der Waals surface area contributed by atoms with Crippen molar-refractivity contribution >= 4 is 10.0 Å². The maximum atomic E-state index is 12.1. The third-order valence-electron chi connectivity index (χ3n) is 3.01. The molecule has 0 saturated carbocycles. The number of nitrogens with two attached hydrogens (primary N) is 1. The van der Waals surface area contributed by atoms with Crippen LogP contribution >= 0.6 is 0 Å². The minimum absolute atomic E-state index is 0.198. The summed E-state index contributed by atoms with van der Waals surface area (Å²) in [6.45, 7) is 0.757. The molecule has 0 atom stereocenters. The van der Waals surface area contributed by atoms with E-state index in [4.69, 9.17) is 10.5 Å². The third kappa shape index (κ3) is 4.07. The first kappa shape index (κ1) is 15.6. The van der Waals surface area contributed by atoms with Crippen molar-refractivity contribution < 1.29 is 13.2 Å². The quantitative estimate of drug-likeness (QED) is 0.742. The van der Waals surface area contributed by atoms with Crippen LogP contribution in [-0.4, -0.2) is 26.1 Å². The zero-order valence-electron chi connectivity index (χ0n) is 11.8. The summed E-state index contributed by atoms with van der Waals surface area (Å²) in [5.74, 6) is 0.710. The lowest BCUT2D eigenvalue weighted by Gasteiger charge is -2.07. The Labute approximate surface area is 124 Å². The Bertz CT molecular complexity index is 681. The third-order valence-corrected chi connectivity index (χ3v) is 4.44. The van der Waals surface area contributed by atoms with Crippen molar-refractivity contribution in [2.75, 3.05) is 13.2 Å². The van der Waals surface area contributed by atoms with Crippen LogP contribution in [-0.2, 0) is 23.6 Å². The highest BCUT2D eigenvalue weighted by Gasteiger charge is 2.16. The number of aromatic nitrogens is 1. The van der Waals surface area contributed by atoms with Crippen LogP contribution in [0.15, 0.2) is 47.5 Å². The molecular formula is C14H19N3O3S. The van der Waals surface area contributed by atoms with E-state index in [0.29, 0.717) is 12.3 Å². The molecule has 0 radical (unpaired) electrons. The molecule has 1 aromatic heterocycles. The van der Waals surface area contributed by atoms with Gasteiger partial charge in [-0.05, 0) is 18.2 Å². The first-order valence-electron chi connectivity index (χ1n) is 6.56. The van der Waals surface area contributed by atoms with Crippen LogP contribution in [0.2, 0.25) is 0 Å². The van der Waals surface area contributed by atoms with Gasteiger partial charge in [-0.15, -0.1) is 0 Å². The van der Waals surface area contributed by atoms with E-state index in [1.54, 1.807) is 23.9 Å². The minimum atomic E-state index is -3.53. The first-order chi connectivity index (χ1) is 10.0.